The Bertz CT molecular complexity index is 1000. The highest BCUT2D eigenvalue weighted by molar-refractivity contribution is 7.89. The lowest BCUT2D eigenvalue weighted by Gasteiger charge is -2.07. The van der Waals surface area contributed by atoms with Crippen LogP contribution in [0.25, 0.3) is 10.9 Å². The lowest BCUT2D eigenvalue weighted by Crippen LogP contribution is -2.15. The number of hydrogen-bond donors (Lipinski definition) is 2. The minimum Gasteiger partial charge on any atom is -0.322 e. The van der Waals surface area contributed by atoms with Gasteiger partial charge in [0.1, 0.15) is 0 Å². The Morgan fingerprint density at radius 2 is 1.83 bits per heavy atom. The molecular weight excluding hydrogens is 314 g/mol. The van der Waals surface area contributed by atoms with Gasteiger partial charge in [-0.05, 0) is 30.3 Å². The third-order valence-corrected chi connectivity index (χ3v) is 4.18. The van der Waals surface area contributed by atoms with Crippen molar-refractivity contribution >= 4 is 32.5 Å². The molecule has 0 aliphatic rings. The van der Waals surface area contributed by atoms with Gasteiger partial charge >= 0.3 is 0 Å². The molecule has 116 valence electrons. The van der Waals surface area contributed by atoms with E-state index < -0.39 is 10.0 Å². The van der Waals surface area contributed by atoms with E-state index in [2.05, 4.69) is 10.3 Å². The van der Waals surface area contributed by atoms with Crippen molar-refractivity contribution < 1.29 is 13.2 Å². The van der Waals surface area contributed by atoms with Gasteiger partial charge in [0.05, 0.1) is 16.0 Å². The number of primary sulfonamides is 1. The van der Waals surface area contributed by atoms with Crippen LogP contribution in [0.15, 0.2) is 65.7 Å². The Labute approximate surface area is 133 Å². The van der Waals surface area contributed by atoms with Crippen molar-refractivity contribution in [3.8, 4) is 0 Å². The molecule has 0 saturated carbocycles. The van der Waals surface area contributed by atoms with Crippen LogP contribution in [0.2, 0.25) is 0 Å². The molecule has 0 bridgehead atoms. The molecule has 2 aromatic carbocycles. The maximum Gasteiger partial charge on any atom is 0.257 e. The van der Waals surface area contributed by atoms with Gasteiger partial charge in [-0.2, -0.15) is 0 Å². The quantitative estimate of drug-likeness (QED) is 0.769. The molecule has 0 spiro atoms. The molecule has 7 heteroatoms. The summed E-state index contributed by atoms with van der Waals surface area (Å²) in [6.07, 6.45) is 1.47. The standard InChI is InChI=1S/C16H13N3O3S/c17-23(21,22)14-6-3-5-13(9-14)19-16(20)12-8-11-4-1-2-7-15(11)18-10-12/h1-10H,(H,19,20)(H2,17,21,22). The minimum atomic E-state index is -3.82. The molecule has 1 heterocycles. The molecule has 0 saturated heterocycles. The number of nitrogens with two attached hydrogens (primary N) is 1. The van der Waals surface area contributed by atoms with Gasteiger partial charge < -0.3 is 5.32 Å². The van der Waals surface area contributed by atoms with E-state index in [4.69, 9.17) is 5.14 Å². The third kappa shape index (κ3) is 3.36. The van der Waals surface area contributed by atoms with Crippen LogP contribution in [0.3, 0.4) is 0 Å². The van der Waals surface area contributed by atoms with E-state index in [-0.39, 0.29) is 10.8 Å². The van der Waals surface area contributed by atoms with E-state index in [0.29, 0.717) is 11.3 Å². The number of aromatic nitrogens is 1. The second-order valence-corrected chi connectivity index (χ2v) is 6.51. The molecule has 0 unspecified atom stereocenters. The maximum absolute atomic E-state index is 12.3. The number of carbonyl (C=O) groups is 1. The Hall–Kier alpha value is -2.77. The SMILES string of the molecule is NS(=O)(=O)c1cccc(NC(=O)c2cnc3ccccc3c2)c1. The van der Waals surface area contributed by atoms with E-state index in [1.807, 2.05) is 24.3 Å². The molecule has 6 nitrogen and oxygen atoms in total. The number of hydrogen-bond acceptors (Lipinski definition) is 4. The number of anilines is 1. The number of amides is 1. The molecule has 23 heavy (non-hydrogen) atoms. The summed E-state index contributed by atoms with van der Waals surface area (Å²) in [7, 11) is -3.82. The molecule has 0 fully saturated rings. The zero-order valence-electron chi connectivity index (χ0n) is 11.9. The van der Waals surface area contributed by atoms with Gasteiger partial charge in [0, 0.05) is 17.3 Å². The molecule has 3 rings (SSSR count). The maximum atomic E-state index is 12.3. The Kier molecular flexibility index (Phi) is 3.81. The fraction of sp³-hybridized carbons (Fsp3) is 0. The molecule has 1 amide bonds. The van der Waals surface area contributed by atoms with Crippen molar-refractivity contribution in [2.24, 2.45) is 5.14 Å². The van der Waals surface area contributed by atoms with Crippen LogP contribution in [-0.4, -0.2) is 19.3 Å². The third-order valence-electron chi connectivity index (χ3n) is 3.27. The molecule has 3 aromatic rings. The smallest absolute Gasteiger partial charge is 0.257 e. The summed E-state index contributed by atoms with van der Waals surface area (Å²) in [4.78, 5) is 16.4. The Morgan fingerprint density at radius 1 is 1.04 bits per heavy atom. The fourth-order valence-corrected chi connectivity index (χ4v) is 2.71. The Morgan fingerprint density at radius 3 is 2.61 bits per heavy atom. The molecular formula is C16H13N3O3S. The van der Waals surface area contributed by atoms with Crippen LogP contribution in [0.1, 0.15) is 10.4 Å². The predicted octanol–water partition coefficient (Wildman–Crippen LogP) is 2.13. The molecule has 0 aliphatic heterocycles. The minimum absolute atomic E-state index is 0.0630. The molecule has 3 N–H and O–H groups in total. The van der Waals surface area contributed by atoms with E-state index in [1.54, 1.807) is 12.1 Å². The van der Waals surface area contributed by atoms with Crippen molar-refractivity contribution in [2.45, 2.75) is 4.90 Å². The van der Waals surface area contributed by atoms with Gasteiger partial charge in [-0.25, -0.2) is 13.6 Å². The van der Waals surface area contributed by atoms with Gasteiger partial charge in [0.15, 0.2) is 0 Å². The largest absolute Gasteiger partial charge is 0.322 e. The second-order valence-electron chi connectivity index (χ2n) is 4.94. The zero-order chi connectivity index (χ0) is 16.4. The number of fused-ring (bicyclic) bond motifs is 1. The number of benzene rings is 2. The van der Waals surface area contributed by atoms with Crippen LogP contribution >= 0.6 is 0 Å². The van der Waals surface area contributed by atoms with Gasteiger partial charge in [-0.15, -0.1) is 0 Å². The predicted molar refractivity (Wildman–Crippen MR) is 87.5 cm³/mol. The highest BCUT2D eigenvalue weighted by Crippen LogP contribution is 2.17. The Balaban J connectivity index is 1.88. The summed E-state index contributed by atoms with van der Waals surface area (Å²) in [5.41, 5.74) is 1.51. The highest BCUT2D eigenvalue weighted by Gasteiger charge is 2.11. The summed E-state index contributed by atoms with van der Waals surface area (Å²) in [6, 6.07) is 14.9. The zero-order valence-corrected chi connectivity index (χ0v) is 12.7. The summed E-state index contributed by atoms with van der Waals surface area (Å²) >= 11 is 0. The normalized spacial score (nSPS) is 11.3. The molecule has 0 atom stereocenters. The first kappa shape index (κ1) is 15.1. The number of carbonyl (C=O) groups excluding carboxylic acids is 1. The number of rotatable bonds is 3. The van der Waals surface area contributed by atoms with Gasteiger partial charge in [-0.3, -0.25) is 9.78 Å². The number of nitrogens with one attached hydrogen (secondary N) is 1. The summed E-state index contributed by atoms with van der Waals surface area (Å²) in [5, 5.41) is 8.56. The molecule has 0 aliphatic carbocycles. The van der Waals surface area contributed by atoms with Crippen LogP contribution in [-0.2, 0) is 10.0 Å². The first-order valence-electron chi connectivity index (χ1n) is 6.72. The van der Waals surface area contributed by atoms with Crippen molar-refractivity contribution in [1.82, 2.24) is 4.98 Å². The van der Waals surface area contributed by atoms with E-state index in [9.17, 15) is 13.2 Å². The number of para-hydroxylation sites is 1. The van der Waals surface area contributed by atoms with Gasteiger partial charge in [-0.1, -0.05) is 24.3 Å². The first-order chi connectivity index (χ1) is 10.9. The van der Waals surface area contributed by atoms with E-state index >= 15 is 0 Å². The van der Waals surface area contributed by atoms with Crippen LogP contribution in [0.4, 0.5) is 5.69 Å². The average Bonchev–Trinajstić information content (AvgIpc) is 2.54. The van der Waals surface area contributed by atoms with Crippen LogP contribution < -0.4 is 10.5 Å². The van der Waals surface area contributed by atoms with Crippen molar-refractivity contribution in [3.63, 3.8) is 0 Å². The number of pyridine rings is 1. The second kappa shape index (κ2) is 5.79. The van der Waals surface area contributed by atoms with Crippen LogP contribution in [0.5, 0.6) is 0 Å². The van der Waals surface area contributed by atoms with Crippen molar-refractivity contribution in [1.29, 1.82) is 0 Å². The summed E-state index contributed by atoms with van der Waals surface area (Å²) < 4.78 is 22.7. The molecule has 0 radical (unpaired) electrons. The fourth-order valence-electron chi connectivity index (χ4n) is 2.15. The van der Waals surface area contributed by atoms with Gasteiger partial charge in [0.25, 0.3) is 5.91 Å². The van der Waals surface area contributed by atoms with Crippen molar-refractivity contribution in [2.75, 3.05) is 5.32 Å². The first-order valence-corrected chi connectivity index (χ1v) is 8.27. The monoisotopic (exact) mass is 327 g/mol. The highest BCUT2D eigenvalue weighted by atomic mass is 32.2. The summed E-state index contributed by atoms with van der Waals surface area (Å²) in [6.45, 7) is 0. The van der Waals surface area contributed by atoms with Gasteiger partial charge in [0.2, 0.25) is 10.0 Å². The molecule has 1 aromatic heterocycles. The van der Waals surface area contributed by atoms with E-state index in [1.165, 1.54) is 24.4 Å². The van der Waals surface area contributed by atoms with Crippen molar-refractivity contribution in [3.05, 3.63) is 66.4 Å². The average molecular weight is 327 g/mol. The number of nitrogens with zero attached hydrogens (tertiary/aromatic N) is 1. The lowest BCUT2D eigenvalue weighted by atomic mass is 10.1. The summed E-state index contributed by atoms with van der Waals surface area (Å²) in [5.74, 6) is -0.380. The van der Waals surface area contributed by atoms with E-state index in [0.717, 1.165) is 10.9 Å². The topological polar surface area (TPSA) is 102 Å². The number of sulfonamides is 1. The van der Waals surface area contributed by atoms with Crippen LogP contribution in [0, 0.1) is 0 Å². The lowest BCUT2D eigenvalue weighted by molar-refractivity contribution is 0.102.